The van der Waals surface area contributed by atoms with Gasteiger partial charge < -0.3 is 19.4 Å². The van der Waals surface area contributed by atoms with Gasteiger partial charge in [0.15, 0.2) is 22.5 Å². The van der Waals surface area contributed by atoms with Crippen molar-refractivity contribution in [2.75, 3.05) is 20.0 Å². The molecule has 0 aliphatic rings. The molecule has 1 amide bonds. The fraction of sp³-hybridized carbons (Fsp3) is 0.471. The lowest BCUT2D eigenvalue weighted by atomic mass is 10.1. The summed E-state index contributed by atoms with van der Waals surface area (Å²) >= 11 is 1.66. The van der Waals surface area contributed by atoms with Crippen LogP contribution in [0.25, 0.3) is 0 Å². The zero-order chi connectivity index (χ0) is 18.4. The molecule has 1 heterocycles. The van der Waals surface area contributed by atoms with E-state index in [9.17, 15) is 4.79 Å². The van der Waals surface area contributed by atoms with Crippen molar-refractivity contribution < 1.29 is 14.3 Å². The van der Waals surface area contributed by atoms with Gasteiger partial charge >= 0.3 is 0 Å². The Bertz CT molecular complexity index is 731. The van der Waals surface area contributed by atoms with Gasteiger partial charge in [-0.3, -0.25) is 4.79 Å². The molecule has 0 fully saturated rings. The first-order valence-corrected chi connectivity index (χ1v) is 8.96. The number of thioether (sulfide) groups is 1. The molecule has 1 aromatic carbocycles. The molecular formula is C17H24N4O3S. The van der Waals surface area contributed by atoms with E-state index >= 15 is 0 Å². The number of carbonyl (C=O) groups is 1. The fourth-order valence-corrected chi connectivity index (χ4v) is 3.07. The van der Waals surface area contributed by atoms with Crippen LogP contribution in [0.1, 0.15) is 30.0 Å². The molecule has 2 aromatic rings. The molecular weight excluding hydrogens is 340 g/mol. The van der Waals surface area contributed by atoms with Crippen LogP contribution in [0.2, 0.25) is 0 Å². The smallest absolute Gasteiger partial charge is 0.255 e. The lowest BCUT2D eigenvalue weighted by Gasteiger charge is -2.12. The zero-order valence-corrected chi connectivity index (χ0v) is 16.0. The van der Waals surface area contributed by atoms with Gasteiger partial charge in [-0.1, -0.05) is 31.7 Å². The van der Waals surface area contributed by atoms with Crippen LogP contribution in [0.5, 0.6) is 11.5 Å². The number of hydrogen-bond donors (Lipinski definition) is 1. The third-order valence-electron chi connectivity index (χ3n) is 3.53. The fourth-order valence-electron chi connectivity index (χ4n) is 2.19. The SMILES string of the molecule is COc1cccc(C(=O)NCc2nnc(SCC(C)C)n2C)c1OC. The van der Waals surface area contributed by atoms with E-state index in [0.717, 1.165) is 10.9 Å². The normalized spacial score (nSPS) is 10.8. The summed E-state index contributed by atoms with van der Waals surface area (Å²) in [6, 6.07) is 5.19. The first-order chi connectivity index (χ1) is 12.0. The Morgan fingerprint density at radius 2 is 2.04 bits per heavy atom. The summed E-state index contributed by atoms with van der Waals surface area (Å²) in [5.41, 5.74) is 0.415. The third kappa shape index (κ3) is 4.66. The van der Waals surface area contributed by atoms with Crippen molar-refractivity contribution in [2.24, 2.45) is 13.0 Å². The van der Waals surface area contributed by atoms with E-state index in [-0.39, 0.29) is 12.5 Å². The highest BCUT2D eigenvalue weighted by atomic mass is 32.2. The standard InChI is InChI=1S/C17H24N4O3S/c1-11(2)10-25-17-20-19-14(21(17)3)9-18-16(22)12-7-6-8-13(23-4)15(12)24-5/h6-8,11H,9-10H2,1-5H3,(H,18,22). The number of nitrogens with one attached hydrogen (secondary N) is 1. The van der Waals surface area contributed by atoms with Gasteiger partial charge in [-0.25, -0.2) is 0 Å². The van der Waals surface area contributed by atoms with Gasteiger partial charge in [0.05, 0.1) is 26.3 Å². The minimum Gasteiger partial charge on any atom is -0.493 e. The molecule has 0 atom stereocenters. The van der Waals surface area contributed by atoms with Crippen LogP contribution >= 0.6 is 11.8 Å². The van der Waals surface area contributed by atoms with Crippen LogP contribution in [0, 0.1) is 5.92 Å². The second kappa shape index (κ2) is 8.75. The minimum absolute atomic E-state index is 0.255. The molecule has 0 saturated carbocycles. The lowest BCUT2D eigenvalue weighted by molar-refractivity contribution is 0.0946. The number of ether oxygens (including phenoxy) is 2. The number of carbonyl (C=O) groups excluding carboxylic acids is 1. The molecule has 0 aliphatic heterocycles. The molecule has 0 radical (unpaired) electrons. The average molecular weight is 364 g/mol. The van der Waals surface area contributed by atoms with Gasteiger partial charge in [0.25, 0.3) is 5.91 Å². The Balaban J connectivity index is 2.06. The lowest BCUT2D eigenvalue weighted by Crippen LogP contribution is -2.25. The first kappa shape index (κ1) is 19.1. The van der Waals surface area contributed by atoms with E-state index in [0.29, 0.717) is 28.8 Å². The summed E-state index contributed by atoms with van der Waals surface area (Å²) in [6.45, 7) is 4.60. The van der Waals surface area contributed by atoms with Crippen molar-refractivity contribution in [3.8, 4) is 11.5 Å². The zero-order valence-electron chi connectivity index (χ0n) is 15.2. The second-order valence-corrected chi connectivity index (χ2v) is 6.87. The Hall–Kier alpha value is -2.22. The maximum Gasteiger partial charge on any atom is 0.255 e. The van der Waals surface area contributed by atoms with Crippen molar-refractivity contribution in [3.05, 3.63) is 29.6 Å². The van der Waals surface area contributed by atoms with Crippen LogP contribution < -0.4 is 14.8 Å². The highest BCUT2D eigenvalue weighted by molar-refractivity contribution is 7.99. The van der Waals surface area contributed by atoms with Gasteiger partial charge in [0.1, 0.15) is 0 Å². The highest BCUT2D eigenvalue weighted by Crippen LogP contribution is 2.30. The van der Waals surface area contributed by atoms with Crippen LogP contribution in [-0.2, 0) is 13.6 Å². The van der Waals surface area contributed by atoms with E-state index < -0.39 is 0 Å². The molecule has 136 valence electrons. The van der Waals surface area contributed by atoms with Crippen LogP contribution in [-0.4, -0.2) is 40.6 Å². The van der Waals surface area contributed by atoms with Gasteiger partial charge in [0.2, 0.25) is 0 Å². The van der Waals surface area contributed by atoms with E-state index in [4.69, 9.17) is 9.47 Å². The predicted octanol–water partition coefficient (Wildman–Crippen LogP) is 2.51. The quantitative estimate of drug-likeness (QED) is 0.725. The van der Waals surface area contributed by atoms with Crippen molar-refractivity contribution >= 4 is 17.7 Å². The van der Waals surface area contributed by atoms with Gasteiger partial charge in [-0.05, 0) is 18.1 Å². The molecule has 0 spiro atoms. The Morgan fingerprint density at radius 1 is 1.28 bits per heavy atom. The van der Waals surface area contributed by atoms with E-state index in [2.05, 4.69) is 29.4 Å². The second-order valence-electron chi connectivity index (χ2n) is 5.89. The van der Waals surface area contributed by atoms with Gasteiger partial charge in [0, 0.05) is 12.8 Å². The van der Waals surface area contributed by atoms with Crippen molar-refractivity contribution in [1.82, 2.24) is 20.1 Å². The number of para-hydroxylation sites is 1. The number of amides is 1. The largest absolute Gasteiger partial charge is 0.493 e. The van der Waals surface area contributed by atoms with Crippen LogP contribution in [0.4, 0.5) is 0 Å². The number of aromatic nitrogens is 3. The molecule has 8 heteroatoms. The third-order valence-corrected chi connectivity index (χ3v) is 4.97. The number of nitrogens with zero attached hydrogens (tertiary/aromatic N) is 3. The summed E-state index contributed by atoms with van der Waals surface area (Å²) in [7, 11) is 4.95. The number of benzene rings is 1. The van der Waals surface area contributed by atoms with Crippen molar-refractivity contribution in [1.29, 1.82) is 0 Å². The average Bonchev–Trinajstić information content (AvgIpc) is 2.96. The molecule has 2 rings (SSSR count). The predicted molar refractivity (Wildman–Crippen MR) is 97.3 cm³/mol. The Labute approximate surface area is 152 Å². The Kier molecular flexibility index (Phi) is 6.69. The van der Waals surface area contributed by atoms with Crippen LogP contribution in [0.3, 0.4) is 0 Å². The number of hydrogen-bond acceptors (Lipinski definition) is 6. The first-order valence-electron chi connectivity index (χ1n) is 7.98. The van der Waals surface area contributed by atoms with E-state index in [1.54, 1.807) is 30.0 Å². The Morgan fingerprint density at radius 3 is 2.68 bits per heavy atom. The molecule has 0 unspecified atom stereocenters. The monoisotopic (exact) mass is 364 g/mol. The molecule has 0 aliphatic carbocycles. The molecule has 25 heavy (non-hydrogen) atoms. The van der Waals surface area contributed by atoms with E-state index in [1.807, 2.05) is 11.6 Å². The topological polar surface area (TPSA) is 78.3 Å². The molecule has 1 N–H and O–H groups in total. The van der Waals surface area contributed by atoms with Crippen LogP contribution in [0.15, 0.2) is 23.4 Å². The van der Waals surface area contributed by atoms with E-state index in [1.165, 1.54) is 14.2 Å². The summed E-state index contributed by atoms with van der Waals surface area (Å²) in [4.78, 5) is 12.5. The highest BCUT2D eigenvalue weighted by Gasteiger charge is 2.17. The molecule has 1 aromatic heterocycles. The number of methoxy groups -OCH3 is 2. The number of rotatable bonds is 8. The van der Waals surface area contributed by atoms with Gasteiger partial charge in [-0.2, -0.15) is 0 Å². The maximum atomic E-state index is 12.5. The summed E-state index contributed by atoms with van der Waals surface area (Å²) < 4.78 is 12.4. The molecule has 0 bridgehead atoms. The summed E-state index contributed by atoms with van der Waals surface area (Å²) in [5.74, 6) is 2.91. The van der Waals surface area contributed by atoms with Gasteiger partial charge in [-0.15, -0.1) is 10.2 Å². The molecule has 7 nitrogen and oxygen atoms in total. The molecule has 0 saturated heterocycles. The van der Waals surface area contributed by atoms with Crippen molar-refractivity contribution in [2.45, 2.75) is 25.5 Å². The summed E-state index contributed by atoms with van der Waals surface area (Å²) in [5, 5.41) is 12.0. The maximum absolute atomic E-state index is 12.5. The minimum atomic E-state index is -0.255. The summed E-state index contributed by atoms with van der Waals surface area (Å²) in [6.07, 6.45) is 0. The van der Waals surface area contributed by atoms with Crippen molar-refractivity contribution in [3.63, 3.8) is 0 Å².